The summed E-state index contributed by atoms with van der Waals surface area (Å²) >= 11 is 0. The lowest BCUT2D eigenvalue weighted by molar-refractivity contribution is 0.192. The monoisotopic (exact) mass is 338 g/mol. The minimum absolute atomic E-state index is 0.246. The van der Waals surface area contributed by atoms with Crippen molar-refractivity contribution in [1.29, 1.82) is 0 Å². The Balaban J connectivity index is 1.83. The highest BCUT2D eigenvalue weighted by atomic mass is 32.2. The molecule has 130 valence electrons. The van der Waals surface area contributed by atoms with E-state index in [0.717, 1.165) is 17.9 Å². The molecule has 2 unspecified atom stereocenters. The van der Waals surface area contributed by atoms with Gasteiger partial charge in [-0.05, 0) is 43.2 Å². The Morgan fingerprint density at radius 3 is 2.30 bits per heavy atom. The molecule has 0 aromatic heterocycles. The van der Waals surface area contributed by atoms with Crippen LogP contribution in [-0.2, 0) is 14.3 Å². The van der Waals surface area contributed by atoms with E-state index < -0.39 is 10.1 Å². The topological polar surface area (TPSA) is 43.4 Å². The van der Waals surface area contributed by atoms with Gasteiger partial charge in [0.25, 0.3) is 10.1 Å². The Bertz CT molecular complexity index is 571. The Labute approximate surface area is 141 Å². The van der Waals surface area contributed by atoms with Crippen molar-refractivity contribution < 1.29 is 12.6 Å². The van der Waals surface area contributed by atoms with Gasteiger partial charge in [0, 0.05) is 0 Å². The molecule has 23 heavy (non-hydrogen) atoms. The molecule has 0 spiro atoms. The van der Waals surface area contributed by atoms with Gasteiger partial charge in [-0.1, -0.05) is 63.6 Å². The van der Waals surface area contributed by atoms with Crippen LogP contribution in [-0.4, -0.2) is 15.0 Å². The molecule has 0 bridgehead atoms. The average Bonchev–Trinajstić information content (AvgIpc) is 2.54. The molecule has 1 aliphatic carbocycles. The smallest absolute Gasteiger partial charge is 0.266 e. The molecular formula is C19H30O3S. The standard InChI is InChI=1S/C19H30O3S/c1-15-9-11-19(12-10-15)23(20,21)22-14-16(2)13-17(3)18-7-5-4-6-8-18/h9-12,16-18H,4-8,13-14H2,1-3H3. The van der Waals surface area contributed by atoms with Gasteiger partial charge >= 0.3 is 0 Å². The van der Waals surface area contributed by atoms with Gasteiger partial charge in [0.05, 0.1) is 11.5 Å². The first-order chi connectivity index (χ1) is 10.9. The molecule has 1 fully saturated rings. The Morgan fingerprint density at radius 2 is 1.70 bits per heavy atom. The van der Waals surface area contributed by atoms with Crippen molar-refractivity contribution in [3.63, 3.8) is 0 Å². The van der Waals surface area contributed by atoms with Crippen LogP contribution in [0.15, 0.2) is 29.2 Å². The Morgan fingerprint density at radius 1 is 1.09 bits per heavy atom. The number of benzene rings is 1. The van der Waals surface area contributed by atoms with Crippen molar-refractivity contribution in [2.24, 2.45) is 17.8 Å². The number of hydrogen-bond donors (Lipinski definition) is 0. The highest BCUT2D eigenvalue weighted by Gasteiger charge is 2.23. The molecule has 1 saturated carbocycles. The van der Waals surface area contributed by atoms with Gasteiger partial charge in [-0.25, -0.2) is 0 Å². The molecule has 0 saturated heterocycles. The van der Waals surface area contributed by atoms with E-state index in [1.165, 1.54) is 32.1 Å². The van der Waals surface area contributed by atoms with Crippen LogP contribution in [0.4, 0.5) is 0 Å². The Hall–Kier alpha value is -0.870. The van der Waals surface area contributed by atoms with Crippen molar-refractivity contribution >= 4 is 10.1 Å². The zero-order valence-electron chi connectivity index (χ0n) is 14.6. The lowest BCUT2D eigenvalue weighted by Gasteiger charge is -2.29. The molecule has 0 radical (unpaired) electrons. The van der Waals surface area contributed by atoms with Crippen molar-refractivity contribution in [3.8, 4) is 0 Å². The van der Waals surface area contributed by atoms with Crippen molar-refractivity contribution in [2.45, 2.75) is 64.2 Å². The van der Waals surface area contributed by atoms with Gasteiger partial charge in [-0.15, -0.1) is 0 Å². The summed E-state index contributed by atoms with van der Waals surface area (Å²) in [5, 5.41) is 0. The summed E-state index contributed by atoms with van der Waals surface area (Å²) in [6.07, 6.45) is 7.76. The fourth-order valence-electron chi connectivity index (χ4n) is 3.58. The molecule has 1 aliphatic rings. The van der Waals surface area contributed by atoms with Crippen LogP contribution in [0.2, 0.25) is 0 Å². The second-order valence-corrected chi connectivity index (χ2v) is 8.88. The van der Waals surface area contributed by atoms with E-state index >= 15 is 0 Å². The van der Waals surface area contributed by atoms with E-state index in [1.54, 1.807) is 24.3 Å². The van der Waals surface area contributed by atoms with Gasteiger partial charge in [0.15, 0.2) is 0 Å². The first-order valence-electron chi connectivity index (χ1n) is 8.84. The van der Waals surface area contributed by atoms with Crippen LogP contribution in [0.1, 0.15) is 57.9 Å². The summed E-state index contributed by atoms with van der Waals surface area (Å²) < 4.78 is 29.7. The number of rotatable bonds is 7. The molecule has 0 heterocycles. The van der Waals surface area contributed by atoms with Crippen molar-refractivity contribution in [1.82, 2.24) is 0 Å². The first kappa shape index (κ1) is 18.5. The third-order valence-corrected chi connectivity index (χ3v) is 6.34. The summed E-state index contributed by atoms with van der Waals surface area (Å²) in [5.74, 6) is 1.71. The Kier molecular flexibility index (Phi) is 6.66. The predicted octanol–water partition coefficient (Wildman–Crippen LogP) is 4.94. The van der Waals surface area contributed by atoms with E-state index in [4.69, 9.17) is 4.18 Å². The molecular weight excluding hydrogens is 308 g/mol. The minimum atomic E-state index is -3.63. The lowest BCUT2D eigenvalue weighted by Crippen LogP contribution is -2.20. The molecule has 1 aromatic rings. The van der Waals surface area contributed by atoms with Crippen molar-refractivity contribution in [2.75, 3.05) is 6.61 Å². The molecule has 2 rings (SSSR count). The van der Waals surface area contributed by atoms with E-state index in [-0.39, 0.29) is 17.4 Å². The fourth-order valence-corrected chi connectivity index (χ4v) is 4.59. The van der Waals surface area contributed by atoms with Gasteiger partial charge in [0.2, 0.25) is 0 Å². The third kappa shape index (κ3) is 5.61. The SMILES string of the molecule is Cc1ccc(S(=O)(=O)OCC(C)CC(C)C2CCCCC2)cc1. The van der Waals surface area contributed by atoms with E-state index in [0.29, 0.717) is 5.92 Å². The molecule has 0 amide bonds. The molecule has 3 nitrogen and oxygen atoms in total. The molecule has 0 aliphatic heterocycles. The van der Waals surface area contributed by atoms with E-state index in [9.17, 15) is 8.42 Å². The maximum Gasteiger partial charge on any atom is 0.296 e. The fraction of sp³-hybridized carbons (Fsp3) is 0.684. The summed E-state index contributed by atoms with van der Waals surface area (Å²) in [7, 11) is -3.63. The molecule has 0 N–H and O–H groups in total. The van der Waals surface area contributed by atoms with Crippen LogP contribution >= 0.6 is 0 Å². The second-order valence-electron chi connectivity index (χ2n) is 7.27. The minimum Gasteiger partial charge on any atom is -0.266 e. The maximum absolute atomic E-state index is 12.2. The normalized spacial score (nSPS) is 19.4. The predicted molar refractivity (Wildman–Crippen MR) is 93.8 cm³/mol. The first-order valence-corrected chi connectivity index (χ1v) is 10.3. The average molecular weight is 339 g/mol. The van der Waals surface area contributed by atoms with Crippen LogP contribution in [0.5, 0.6) is 0 Å². The summed E-state index contributed by atoms with van der Waals surface area (Å²) in [6.45, 7) is 6.60. The van der Waals surface area contributed by atoms with Crippen LogP contribution in [0.25, 0.3) is 0 Å². The van der Waals surface area contributed by atoms with Gasteiger partial charge in [-0.3, -0.25) is 4.18 Å². The van der Waals surface area contributed by atoms with Crippen LogP contribution < -0.4 is 0 Å². The highest BCUT2D eigenvalue weighted by Crippen LogP contribution is 2.33. The van der Waals surface area contributed by atoms with E-state index in [1.807, 2.05) is 6.92 Å². The summed E-state index contributed by atoms with van der Waals surface area (Å²) in [6, 6.07) is 6.82. The van der Waals surface area contributed by atoms with Crippen molar-refractivity contribution in [3.05, 3.63) is 29.8 Å². The number of hydrogen-bond acceptors (Lipinski definition) is 3. The lowest BCUT2D eigenvalue weighted by atomic mass is 9.77. The van der Waals surface area contributed by atoms with Crippen LogP contribution in [0, 0.1) is 24.7 Å². The second kappa shape index (κ2) is 8.29. The third-order valence-electron chi connectivity index (χ3n) is 5.05. The zero-order valence-corrected chi connectivity index (χ0v) is 15.4. The highest BCUT2D eigenvalue weighted by molar-refractivity contribution is 7.86. The largest absolute Gasteiger partial charge is 0.296 e. The van der Waals surface area contributed by atoms with Gasteiger partial charge in [-0.2, -0.15) is 8.42 Å². The molecule has 2 atom stereocenters. The number of aryl methyl sites for hydroxylation is 1. The van der Waals surface area contributed by atoms with Gasteiger partial charge in [0.1, 0.15) is 0 Å². The van der Waals surface area contributed by atoms with Crippen LogP contribution in [0.3, 0.4) is 0 Å². The quantitative estimate of drug-likeness (QED) is 0.661. The maximum atomic E-state index is 12.2. The zero-order chi connectivity index (χ0) is 16.9. The summed E-state index contributed by atoms with van der Waals surface area (Å²) in [4.78, 5) is 0.246. The van der Waals surface area contributed by atoms with Gasteiger partial charge < -0.3 is 0 Å². The van der Waals surface area contributed by atoms with E-state index in [2.05, 4.69) is 13.8 Å². The molecule has 4 heteroatoms. The molecule has 1 aromatic carbocycles. The summed E-state index contributed by atoms with van der Waals surface area (Å²) in [5.41, 5.74) is 1.04.